The average molecular weight is 305 g/mol. The molecule has 2 heterocycles. The summed E-state index contributed by atoms with van der Waals surface area (Å²) in [7, 11) is 2.03. The maximum Gasteiger partial charge on any atom is 0.410 e. The second-order valence-electron chi connectivity index (χ2n) is 6.76. The Bertz CT molecular complexity index is 525. The summed E-state index contributed by atoms with van der Waals surface area (Å²) in [5.74, 6) is 0.949. The second-order valence-corrected chi connectivity index (χ2v) is 6.76. The minimum absolute atomic E-state index is 0.0487. The smallest absolute Gasteiger partial charge is 0.410 e. The zero-order chi connectivity index (χ0) is 16.3. The van der Waals surface area contributed by atoms with Gasteiger partial charge in [0.25, 0.3) is 0 Å². The van der Waals surface area contributed by atoms with Crippen molar-refractivity contribution in [2.45, 2.75) is 52.2 Å². The summed E-state index contributed by atoms with van der Waals surface area (Å²) in [6.07, 6.45) is 3.52. The Balaban J connectivity index is 2.26. The van der Waals surface area contributed by atoms with Gasteiger partial charge in [0.1, 0.15) is 11.4 Å². The van der Waals surface area contributed by atoms with E-state index < -0.39 is 5.60 Å². The van der Waals surface area contributed by atoms with Crippen LogP contribution in [0.3, 0.4) is 0 Å². The molecule has 0 radical (unpaired) electrons. The molecule has 1 aromatic rings. The summed E-state index contributed by atoms with van der Waals surface area (Å²) < 4.78 is 5.55. The van der Waals surface area contributed by atoms with E-state index >= 15 is 0 Å². The highest BCUT2D eigenvalue weighted by atomic mass is 16.6. The lowest BCUT2D eigenvalue weighted by atomic mass is 10.1. The Hall–Kier alpha value is -1.78. The third kappa shape index (κ3) is 3.70. The predicted octanol–water partition coefficient (Wildman–Crippen LogP) is 3.61. The Labute approximate surface area is 133 Å². The minimum Gasteiger partial charge on any atom is -0.444 e. The van der Waals surface area contributed by atoms with E-state index in [0.717, 1.165) is 37.3 Å². The van der Waals surface area contributed by atoms with Crippen LogP contribution in [0.4, 0.5) is 10.6 Å². The molecule has 0 spiro atoms. The van der Waals surface area contributed by atoms with Crippen LogP contribution in [0.5, 0.6) is 0 Å². The van der Waals surface area contributed by atoms with Crippen molar-refractivity contribution in [2.24, 2.45) is 0 Å². The van der Waals surface area contributed by atoms with Crippen LogP contribution in [-0.4, -0.2) is 41.7 Å². The number of hydrogen-bond acceptors (Lipinski definition) is 4. The van der Waals surface area contributed by atoms with Crippen LogP contribution < -0.4 is 4.90 Å². The number of aromatic nitrogens is 1. The van der Waals surface area contributed by atoms with E-state index in [0.29, 0.717) is 0 Å². The van der Waals surface area contributed by atoms with Gasteiger partial charge in [-0.2, -0.15) is 0 Å². The molecule has 5 heteroatoms. The van der Waals surface area contributed by atoms with Gasteiger partial charge < -0.3 is 14.5 Å². The van der Waals surface area contributed by atoms with E-state index in [1.54, 1.807) is 6.20 Å². The molecule has 0 saturated carbocycles. The normalized spacial score (nSPS) is 18.4. The lowest BCUT2D eigenvalue weighted by Gasteiger charge is -2.30. The first-order chi connectivity index (χ1) is 10.3. The summed E-state index contributed by atoms with van der Waals surface area (Å²) in [6, 6.07) is 4.06. The molecule has 0 bridgehead atoms. The molecule has 0 unspecified atom stereocenters. The molecular formula is C17H27N3O2. The first-order valence-corrected chi connectivity index (χ1v) is 7.99. The van der Waals surface area contributed by atoms with E-state index in [1.165, 1.54) is 0 Å². The van der Waals surface area contributed by atoms with Gasteiger partial charge in [0.15, 0.2) is 0 Å². The zero-order valence-electron chi connectivity index (χ0n) is 14.3. The molecule has 1 amide bonds. The Morgan fingerprint density at radius 1 is 1.50 bits per heavy atom. The van der Waals surface area contributed by atoms with Gasteiger partial charge in [0.2, 0.25) is 0 Å². The number of carbonyl (C=O) groups is 1. The van der Waals surface area contributed by atoms with E-state index in [9.17, 15) is 4.79 Å². The highest BCUT2D eigenvalue weighted by Gasteiger charge is 2.34. The largest absolute Gasteiger partial charge is 0.444 e. The Morgan fingerprint density at radius 2 is 2.23 bits per heavy atom. The molecule has 1 fully saturated rings. The van der Waals surface area contributed by atoms with Gasteiger partial charge in [-0.25, -0.2) is 9.78 Å². The third-order valence-corrected chi connectivity index (χ3v) is 3.89. The monoisotopic (exact) mass is 305 g/mol. The van der Waals surface area contributed by atoms with E-state index in [4.69, 9.17) is 4.74 Å². The van der Waals surface area contributed by atoms with Crippen molar-refractivity contribution in [3.05, 3.63) is 23.9 Å². The van der Waals surface area contributed by atoms with Crippen molar-refractivity contribution in [3.8, 4) is 0 Å². The predicted molar refractivity (Wildman–Crippen MR) is 88.1 cm³/mol. The van der Waals surface area contributed by atoms with Gasteiger partial charge in [0.05, 0.1) is 6.04 Å². The number of amides is 1. The molecule has 1 aliphatic rings. The molecule has 0 aromatic carbocycles. The molecular weight excluding hydrogens is 278 g/mol. The molecule has 2 rings (SSSR count). The third-order valence-electron chi connectivity index (χ3n) is 3.89. The van der Waals surface area contributed by atoms with E-state index in [2.05, 4.69) is 22.9 Å². The first-order valence-electron chi connectivity index (χ1n) is 7.99. The zero-order valence-corrected chi connectivity index (χ0v) is 14.3. The van der Waals surface area contributed by atoms with Crippen LogP contribution in [-0.2, 0) is 4.74 Å². The second kappa shape index (κ2) is 6.55. The van der Waals surface area contributed by atoms with Crippen LogP contribution in [0, 0.1) is 0 Å². The van der Waals surface area contributed by atoms with Crippen molar-refractivity contribution in [1.29, 1.82) is 0 Å². The number of likely N-dealkylation sites (tertiary alicyclic amines) is 1. The van der Waals surface area contributed by atoms with Gasteiger partial charge in [-0.3, -0.25) is 0 Å². The van der Waals surface area contributed by atoms with E-state index in [-0.39, 0.29) is 12.1 Å². The van der Waals surface area contributed by atoms with Crippen LogP contribution in [0.25, 0.3) is 0 Å². The summed E-state index contributed by atoms with van der Waals surface area (Å²) in [5.41, 5.74) is 0.637. The molecule has 122 valence electrons. The van der Waals surface area contributed by atoms with Crippen LogP contribution in [0.1, 0.15) is 52.1 Å². The maximum absolute atomic E-state index is 12.5. The number of hydrogen-bond donors (Lipinski definition) is 0. The van der Waals surface area contributed by atoms with Gasteiger partial charge in [0, 0.05) is 31.9 Å². The number of anilines is 1. The summed E-state index contributed by atoms with van der Waals surface area (Å²) >= 11 is 0. The first kappa shape index (κ1) is 16.6. The van der Waals surface area contributed by atoms with E-state index in [1.807, 2.05) is 38.8 Å². The number of carbonyl (C=O) groups excluding carboxylic acids is 1. The Morgan fingerprint density at radius 3 is 2.86 bits per heavy atom. The SMILES string of the molecule is CCN(C)c1ncccc1[C@@H]1CCCN1C(=O)OC(C)(C)C. The molecule has 5 nitrogen and oxygen atoms in total. The van der Waals surface area contributed by atoms with Crippen LogP contribution in [0.2, 0.25) is 0 Å². The van der Waals surface area contributed by atoms with Crippen molar-refractivity contribution >= 4 is 11.9 Å². The number of rotatable bonds is 3. The quantitative estimate of drug-likeness (QED) is 0.856. The summed E-state index contributed by atoms with van der Waals surface area (Å²) in [4.78, 5) is 20.9. The van der Waals surface area contributed by atoms with Gasteiger partial charge in [-0.15, -0.1) is 0 Å². The van der Waals surface area contributed by atoms with Crippen molar-refractivity contribution in [1.82, 2.24) is 9.88 Å². The molecule has 1 aliphatic heterocycles. The van der Waals surface area contributed by atoms with Crippen molar-refractivity contribution in [3.63, 3.8) is 0 Å². The maximum atomic E-state index is 12.5. The van der Waals surface area contributed by atoms with Crippen molar-refractivity contribution in [2.75, 3.05) is 25.0 Å². The average Bonchev–Trinajstić information content (AvgIpc) is 2.94. The summed E-state index contributed by atoms with van der Waals surface area (Å²) in [6.45, 7) is 9.41. The molecule has 1 aromatic heterocycles. The van der Waals surface area contributed by atoms with Gasteiger partial charge >= 0.3 is 6.09 Å². The standard InChI is InChI=1S/C17H27N3O2/c1-6-19(5)15-13(9-7-11-18-15)14-10-8-12-20(14)16(21)22-17(2,3)4/h7,9,11,14H,6,8,10,12H2,1-5H3/t14-/m0/s1. The minimum atomic E-state index is -0.470. The van der Waals surface area contributed by atoms with Crippen LogP contribution >= 0.6 is 0 Å². The molecule has 22 heavy (non-hydrogen) atoms. The molecule has 1 atom stereocenters. The summed E-state index contributed by atoms with van der Waals surface area (Å²) in [5, 5.41) is 0. The van der Waals surface area contributed by atoms with Gasteiger partial charge in [-0.05, 0) is 46.6 Å². The topological polar surface area (TPSA) is 45.7 Å². The fourth-order valence-corrected chi connectivity index (χ4v) is 2.77. The fourth-order valence-electron chi connectivity index (χ4n) is 2.77. The molecule has 0 aliphatic carbocycles. The molecule has 0 N–H and O–H groups in total. The number of nitrogens with zero attached hydrogens (tertiary/aromatic N) is 3. The van der Waals surface area contributed by atoms with Gasteiger partial charge in [-0.1, -0.05) is 6.07 Å². The Kier molecular flexibility index (Phi) is 4.94. The lowest BCUT2D eigenvalue weighted by molar-refractivity contribution is 0.0224. The van der Waals surface area contributed by atoms with Crippen molar-refractivity contribution < 1.29 is 9.53 Å². The van der Waals surface area contributed by atoms with Crippen LogP contribution in [0.15, 0.2) is 18.3 Å². The lowest BCUT2D eigenvalue weighted by Crippen LogP contribution is -2.37. The number of ether oxygens (including phenoxy) is 1. The highest BCUT2D eigenvalue weighted by molar-refractivity contribution is 5.70. The number of pyridine rings is 1. The fraction of sp³-hybridized carbons (Fsp3) is 0.647. The molecule has 1 saturated heterocycles. The highest BCUT2D eigenvalue weighted by Crippen LogP contribution is 2.36.